The van der Waals surface area contributed by atoms with E-state index in [1.165, 1.54) is 0 Å². The summed E-state index contributed by atoms with van der Waals surface area (Å²) in [6, 6.07) is 7.15. The summed E-state index contributed by atoms with van der Waals surface area (Å²) in [5.74, 6) is -0.151. The van der Waals surface area contributed by atoms with E-state index in [1.807, 2.05) is 26.0 Å². The summed E-state index contributed by atoms with van der Waals surface area (Å²) < 4.78 is 1.76. The highest BCUT2D eigenvalue weighted by Gasteiger charge is 2.11. The fraction of sp³-hybridized carbons (Fsp3) is 0.333. The molecule has 1 aromatic carbocycles. The summed E-state index contributed by atoms with van der Waals surface area (Å²) in [5, 5.41) is 16.5. The van der Waals surface area contributed by atoms with Crippen LogP contribution in [0.3, 0.4) is 0 Å². The number of benzene rings is 1. The minimum absolute atomic E-state index is 0.0674. The number of nitrogens with zero attached hydrogens (tertiary/aromatic N) is 2. The summed E-state index contributed by atoms with van der Waals surface area (Å²) in [4.78, 5) is 11.9. The summed E-state index contributed by atoms with van der Waals surface area (Å²) >= 11 is 6.13. The average Bonchev–Trinajstić information content (AvgIpc) is 2.75. The molecular formula is C15H18ClN3O2. The molecule has 21 heavy (non-hydrogen) atoms. The van der Waals surface area contributed by atoms with E-state index in [1.54, 1.807) is 16.8 Å². The van der Waals surface area contributed by atoms with Gasteiger partial charge in [0, 0.05) is 18.7 Å². The van der Waals surface area contributed by atoms with Crippen LogP contribution in [0.2, 0.25) is 5.02 Å². The van der Waals surface area contributed by atoms with Gasteiger partial charge in [0.1, 0.15) is 0 Å². The SMILES string of the molecule is Cc1nn(-c2ccc(C(=O)NCCCO)cc2)c(C)c1Cl. The Kier molecular flexibility index (Phi) is 4.98. The van der Waals surface area contributed by atoms with Crippen LogP contribution in [0.4, 0.5) is 0 Å². The van der Waals surface area contributed by atoms with Gasteiger partial charge < -0.3 is 10.4 Å². The lowest BCUT2D eigenvalue weighted by molar-refractivity contribution is 0.0951. The van der Waals surface area contributed by atoms with Gasteiger partial charge in [0.25, 0.3) is 5.91 Å². The maximum Gasteiger partial charge on any atom is 0.251 e. The molecule has 112 valence electrons. The Morgan fingerprint density at radius 3 is 2.52 bits per heavy atom. The van der Waals surface area contributed by atoms with Gasteiger partial charge in [-0.25, -0.2) is 4.68 Å². The summed E-state index contributed by atoms with van der Waals surface area (Å²) in [6.07, 6.45) is 0.550. The van der Waals surface area contributed by atoms with Gasteiger partial charge in [-0.2, -0.15) is 5.10 Å². The van der Waals surface area contributed by atoms with Gasteiger partial charge in [-0.3, -0.25) is 4.79 Å². The topological polar surface area (TPSA) is 67.2 Å². The standard InChI is InChI=1S/C15H18ClN3O2/c1-10-14(16)11(2)19(18-10)13-6-4-12(5-7-13)15(21)17-8-3-9-20/h4-7,20H,3,8-9H2,1-2H3,(H,17,21). The highest BCUT2D eigenvalue weighted by atomic mass is 35.5. The molecule has 1 aromatic heterocycles. The first kappa shape index (κ1) is 15.5. The predicted octanol–water partition coefficient (Wildman–Crippen LogP) is 2.25. The molecule has 0 bridgehead atoms. The van der Waals surface area contributed by atoms with Crippen molar-refractivity contribution in [2.75, 3.05) is 13.2 Å². The molecular weight excluding hydrogens is 290 g/mol. The highest BCUT2D eigenvalue weighted by Crippen LogP contribution is 2.22. The van der Waals surface area contributed by atoms with Crippen molar-refractivity contribution >= 4 is 17.5 Å². The third kappa shape index (κ3) is 3.43. The fourth-order valence-corrected chi connectivity index (χ4v) is 2.13. The number of rotatable bonds is 5. The molecule has 0 saturated heterocycles. The molecule has 0 aliphatic rings. The van der Waals surface area contributed by atoms with Gasteiger partial charge in [0.05, 0.1) is 22.1 Å². The molecule has 1 heterocycles. The van der Waals surface area contributed by atoms with Gasteiger partial charge in [0.2, 0.25) is 0 Å². The first-order chi connectivity index (χ1) is 10.0. The van der Waals surface area contributed by atoms with Crippen LogP contribution in [-0.4, -0.2) is 33.9 Å². The monoisotopic (exact) mass is 307 g/mol. The normalized spacial score (nSPS) is 10.7. The Hall–Kier alpha value is -1.85. The molecule has 5 nitrogen and oxygen atoms in total. The lowest BCUT2D eigenvalue weighted by Crippen LogP contribution is -2.24. The number of hydrogen-bond donors (Lipinski definition) is 2. The quantitative estimate of drug-likeness (QED) is 0.833. The van der Waals surface area contributed by atoms with Crippen LogP contribution in [-0.2, 0) is 0 Å². The number of carbonyl (C=O) groups excluding carboxylic acids is 1. The van der Waals surface area contributed by atoms with E-state index in [2.05, 4.69) is 10.4 Å². The van der Waals surface area contributed by atoms with Crippen LogP contribution in [0.1, 0.15) is 28.2 Å². The lowest BCUT2D eigenvalue weighted by atomic mass is 10.2. The maximum absolute atomic E-state index is 11.9. The lowest BCUT2D eigenvalue weighted by Gasteiger charge is -2.07. The Bertz CT molecular complexity index is 635. The van der Waals surface area contributed by atoms with Gasteiger partial charge in [-0.05, 0) is 44.5 Å². The zero-order valence-electron chi connectivity index (χ0n) is 12.1. The van der Waals surface area contributed by atoms with Crippen molar-refractivity contribution in [1.29, 1.82) is 0 Å². The maximum atomic E-state index is 11.9. The largest absolute Gasteiger partial charge is 0.396 e. The van der Waals surface area contributed by atoms with E-state index in [4.69, 9.17) is 16.7 Å². The van der Waals surface area contributed by atoms with E-state index in [0.29, 0.717) is 23.6 Å². The number of aromatic nitrogens is 2. The first-order valence-corrected chi connectivity index (χ1v) is 7.13. The zero-order chi connectivity index (χ0) is 15.4. The molecule has 0 atom stereocenters. The van der Waals surface area contributed by atoms with Crippen LogP contribution in [0.25, 0.3) is 5.69 Å². The predicted molar refractivity (Wildman–Crippen MR) is 82.1 cm³/mol. The van der Waals surface area contributed by atoms with Crippen LogP contribution in [0.15, 0.2) is 24.3 Å². The van der Waals surface area contributed by atoms with E-state index in [-0.39, 0.29) is 12.5 Å². The molecule has 0 unspecified atom stereocenters. The number of hydrogen-bond acceptors (Lipinski definition) is 3. The Morgan fingerprint density at radius 1 is 1.33 bits per heavy atom. The molecule has 2 rings (SSSR count). The minimum Gasteiger partial charge on any atom is -0.396 e. The van der Waals surface area contributed by atoms with Crippen molar-refractivity contribution in [3.8, 4) is 5.69 Å². The number of carbonyl (C=O) groups is 1. The molecule has 0 fully saturated rings. The molecule has 0 saturated carbocycles. The van der Waals surface area contributed by atoms with Gasteiger partial charge in [-0.1, -0.05) is 11.6 Å². The first-order valence-electron chi connectivity index (χ1n) is 6.76. The molecule has 0 radical (unpaired) electrons. The summed E-state index contributed by atoms with van der Waals surface area (Å²) in [5.41, 5.74) is 3.08. The minimum atomic E-state index is -0.151. The number of nitrogens with one attached hydrogen (secondary N) is 1. The molecule has 2 aromatic rings. The second kappa shape index (κ2) is 6.74. The Morgan fingerprint density at radius 2 is 2.00 bits per heavy atom. The van der Waals surface area contributed by atoms with E-state index < -0.39 is 0 Å². The van der Waals surface area contributed by atoms with Crippen LogP contribution < -0.4 is 5.32 Å². The van der Waals surface area contributed by atoms with E-state index in [9.17, 15) is 4.79 Å². The fourth-order valence-electron chi connectivity index (χ4n) is 2.01. The van der Waals surface area contributed by atoms with E-state index in [0.717, 1.165) is 17.1 Å². The van der Waals surface area contributed by atoms with Gasteiger partial charge in [-0.15, -0.1) is 0 Å². The third-order valence-corrected chi connectivity index (χ3v) is 3.74. The Balaban J connectivity index is 2.15. The van der Waals surface area contributed by atoms with Crippen molar-refractivity contribution in [2.45, 2.75) is 20.3 Å². The van der Waals surface area contributed by atoms with Crippen LogP contribution >= 0.6 is 11.6 Å². The smallest absolute Gasteiger partial charge is 0.251 e. The zero-order valence-corrected chi connectivity index (χ0v) is 12.8. The third-order valence-electron chi connectivity index (χ3n) is 3.20. The summed E-state index contributed by atoms with van der Waals surface area (Å²) in [6.45, 7) is 4.29. The average molecular weight is 308 g/mol. The molecule has 0 aliphatic heterocycles. The van der Waals surface area contributed by atoms with Crippen molar-refractivity contribution < 1.29 is 9.90 Å². The Labute approximate surface area is 128 Å². The second-order valence-electron chi connectivity index (χ2n) is 4.78. The molecule has 2 N–H and O–H groups in total. The number of halogens is 1. The van der Waals surface area contributed by atoms with Crippen molar-refractivity contribution in [1.82, 2.24) is 15.1 Å². The number of aryl methyl sites for hydroxylation is 1. The van der Waals surface area contributed by atoms with Crippen molar-refractivity contribution in [3.63, 3.8) is 0 Å². The number of aliphatic hydroxyl groups excluding tert-OH is 1. The van der Waals surface area contributed by atoms with Gasteiger partial charge >= 0.3 is 0 Å². The second-order valence-corrected chi connectivity index (χ2v) is 5.15. The van der Waals surface area contributed by atoms with E-state index >= 15 is 0 Å². The van der Waals surface area contributed by atoms with Crippen LogP contribution in [0, 0.1) is 13.8 Å². The highest BCUT2D eigenvalue weighted by molar-refractivity contribution is 6.31. The summed E-state index contributed by atoms with van der Waals surface area (Å²) in [7, 11) is 0. The molecule has 0 aliphatic carbocycles. The number of aliphatic hydroxyl groups is 1. The molecule has 0 spiro atoms. The van der Waals surface area contributed by atoms with Gasteiger partial charge in [0.15, 0.2) is 0 Å². The van der Waals surface area contributed by atoms with Crippen molar-refractivity contribution in [2.24, 2.45) is 0 Å². The van der Waals surface area contributed by atoms with Crippen molar-refractivity contribution in [3.05, 3.63) is 46.2 Å². The van der Waals surface area contributed by atoms with Crippen LogP contribution in [0.5, 0.6) is 0 Å². The number of amides is 1. The molecule has 1 amide bonds. The molecule has 6 heteroatoms.